The van der Waals surface area contributed by atoms with E-state index in [9.17, 15) is 10.4 Å². The predicted molar refractivity (Wildman–Crippen MR) is 98.9 cm³/mol. The monoisotopic (exact) mass is 337 g/mol. The molecular weight excluding hydrogens is 314 g/mol. The van der Waals surface area contributed by atoms with Gasteiger partial charge in [-0.05, 0) is 42.7 Å². The van der Waals surface area contributed by atoms with Crippen LogP contribution in [0.5, 0.6) is 5.75 Å². The van der Waals surface area contributed by atoms with Gasteiger partial charge >= 0.3 is 0 Å². The molecule has 1 aliphatic heterocycles. The summed E-state index contributed by atoms with van der Waals surface area (Å²) in [6.45, 7) is 2.36. The molecule has 0 saturated carbocycles. The zero-order valence-electron chi connectivity index (χ0n) is 14.4. The summed E-state index contributed by atoms with van der Waals surface area (Å²) in [6, 6.07) is 16.0. The number of piperidine rings is 1. The first-order chi connectivity index (χ1) is 12.2. The number of rotatable bonds is 5. The first kappa shape index (κ1) is 17.1. The molecule has 5 nitrogen and oxygen atoms in total. The molecule has 0 unspecified atom stereocenters. The van der Waals surface area contributed by atoms with E-state index in [4.69, 9.17) is 4.74 Å². The Balaban J connectivity index is 1.73. The summed E-state index contributed by atoms with van der Waals surface area (Å²) in [5, 5.41) is 22.4. The lowest BCUT2D eigenvalue weighted by atomic mass is 10.1. The van der Waals surface area contributed by atoms with Crippen molar-refractivity contribution in [2.24, 2.45) is 0 Å². The number of aliphatic hydroxyl groups is 1. The van der Waals surface area contributed by atoms with E-state index in [1.54, 1.807) is 7.11 Å². The average Bonchev–Trinajstić information content (AvgIpc) is 2.67. The fraction of sp³-hybridized carbons (Fsp3) is 0.350. The van der Waals surface area contributed by atoms with Gasteiger partial charge in [-0.2, -0.15) is 5.26 Å². The van der Waals surface area contributed by atoms with Gasteiger partial charge in [-0.1, -0.05) is 18.2 Å². The van der Waals surface area contributed by atoms with Crippen LogP contribution in [0.15, 0.2) is 42.5 Å². The van der Waals surface area contributed by atoms with Gasteiger partial charge in [0.15, 0.2) is 0 Å². The minimum Gasteiger partial charge on any atom is -0.495 e. The van der Waals surface area contributed by atoms with Gasteiger partial charge in [-0.3, -0.25) is 0 Å². The van der Waals surface area contributed by atoms with Crippen LogP contribution < -0.4 is 15.0 Å². The van der Waals surface area contributed by atoms with Crippen LogP contribution in [-0.4, -0.2) is 31.4 Å². The molecule has 1 saturated heterocycles. The number of hydrogen-bond donors (Lipinski definition) is 2. The van der Waals surface area contributed by atoms with E-state index in [-0.39, 0.29) is 6.10 Å². The van der Waals surface area contributed by atoms with Gasteiger partial charge in [-0.15, -0.1) is 0 Å². The maximum absolute atomic E-state index is 9.71. The molecule has 0 amide bonds. The van der Waals surface area contributed by atoms with Crippen molar-refractivity contribution in [1.29, 1.82) is 5.26 Å². The molecule has 1 heterocycles. The number of hydrogen-bond acceptors (Lipinski definition) is 5. The Hall–Kier alpha value is -2.71. The van der Waals surface area contributed by atoms with E-state index < -0.39 is 0 Å². The number of para-hydroxylation sites is 2. The molecule has 2 aromatic carbocycles. The molecule has 0 bridgehead atoms. The van der Waals surface area contributed by atoms with E-state index >= 15 is 0 Å². The molecule has 0 aliphatic carbocycles. The summed E-state index contributed by atoms with van der Waals surface area (Å²) < 4.78 is 5.19. The van der Waals surface area contributed by atoms with E-state index in [0.717, 1.165) is 42.9 Å². The van der Waals surface area contributed by atoms with E-state index in [1.807, 2.05) is 30.3 Å². The van der Waals surface area contributed by atoms with Crippen molar-refractivity contribution in [1.82, 2.24) is 0 Å². The Labute approximate surface area is 148 Å². The fourth-order valence-electron chi connectivity index (χ4n) is 3.16. The third-order valence-corrected chi connectivity index (χ3v) is 4.58. The molecular formula is C20H23N3O2. The zero-order chi connectivity index (χ0) is 17.6. The maximum atomic E-state index is 9.71. The normalized spacial score (nSPS) is 14.8. The minimum absolute atomic E-state index is 0.180. The molecule has 2 N–H and O–H groups in total. The summed E-state index contributed by atoms with van der Waals surface area (Å²) in [6.07, 6.45) is 1.43. The lowest BCUT2D eigenvalue weighted by molar-refractivity contribution is 0.145. The van der Waals surface area contributed by atoms with Crippen LogP contribution >= 0.6 is 0 Å². The number of nitriles is 1. The average molecular weight is 337 g/mol. The first-order valence-electron chi connectivity index (χ1n) is 8.54. The summed E-state index contributed by atoms with van der Waals surface area (Å²) >= 11 is 0. The smallest absolute Gasteiger partial charge is 0.136 e. The lowest BCUT2D eigenvalue weighted by Crippen LogP contribution is -2.36. The van der Waals surface area contributed by atoms with Crippen LogP contribution in [0.3, 0.4) is 0 Å². The van der Waals surface area contributed by atoms with Gasteiger partial charge in [0.25, 0.3) is 0 Å². The summed E-state index contributed by atoms with van der Waals surface area (Å²) in [5.74, 6) is 0.596. The van der Waals surface area contributed by atoms with Gasteiger partial charge in [0, 0.05) is 19.6 Å². The number of anilines is 2. The largest absolute Gasteiger partial charge is 0.495 e. The lowest BCUT2D eigenvalue weighted by Gasteiger charge is -2.33. The van der Waals surface area contributed by atoms with Gasteiger partial charge < -0.3 is 20.1 Å². The quantitative estimate of drug-likeness (QED) is 0.877. The summed E-state index contributed by atoms with van der Waals surface area (Å²) in [4.78, 5) is 2.31. The third-order valence-electron chi connectivity index (χ3n) is 4.58. The van der Waals surface area contributed by atoms with E-state index in [0.29, 0.717) is 17.9 Å². The molecule has 1 aliphatic rings. The molecule has 3 rings (SSSR count). The van der Waals surface area contributed by atoms with E-state index in [2.05, 4.69) is 28.4 Å². The van der Waals surface area contributed by atoms with Crippen LogP contribution in [-0.2, 0) is 6.54 Å². The predicted octanol–water partition coefficient (Wildman–Crippen LogP) is 3.14. The highest BCUT2D eigenvalue weighted by Crippen LogP contribution is 2.29. The number of nitrogens with zero attached hydrogens (tertiary/aromatic N) is 2. The molecule has 0 aromatic heterocycles. The Morgan fingerprint density at radius 1 is 1.24 bits per heavy atom. The van der Waals surface area contributed by atoms with Crippen LogP contribution in [0.2, 0.25) is 0 Å². The van der Waals surface area contributed by atoms with Crippen molar-refractivity contribution in [2.45, 2.75) is 25.5 Å². The molecule has 1 fully saturated rings. The standard InChI is InChI=1S/C20H23N3O2/c1-25-20-7-6-15(12-16(20)13-21)14-22-18-4-2-3-5-19(18)23-10-8-17(24)9-11-23/h2-7,12,17,22,24H,8-11,14H2,1H3. The molecule has 25 heavy (non-hydrogen) atoms. The summed E-state index contributed by atoms with van der Waals surface area (Å²) in [5.41, 5.74) is 3.79. The van der Waals surface area contributed by atoms with Gasteiger partial charge in [0.1, 0.15) is 11.8 Å². The number of methoxy groups -OCH3 is 1. The van der Waals surface area contributed by atoms with Crippen LogP contribution in [0, 0.1) is 11.3 Å². The van der Waals surface area contributed by atoms with Crippen molar-refractivity contribution >= 4 is 11.4 Å². The topological polar surface area (TPSA) is 68.5 Å². The Bertz CT molecular complexity index is 762. The molecule has 0 spiro atoms. The van der Waals surface area contributed by atoms with E-state index in [1.165, 1.54) is 0 Å². The molecule has 2 aromatic rings. The highest BCUT2D eigenvalue weighted by molar-refractivity contribution is 5.70. The third kappa shape index (κ3) is 4.04. The highest BCUT2D eigenvalue weighted by Gasteiger charge is 2.19. The van der Waals surface area contributed by atoms with Gasteiger partial charge in [-0.25, -0.2) is 0 Å². The molecule has 0 radical (unpaired) electrons. The van der Waals surface area contributed by atoms with Gasteiger partial charge in [0.2, 0.25) is 0 Å². The SMILES string of the molecule is COc1ccc(CNc2ccccc2N2CCC(O)CC2)cc1C#N. The van der Waals surface area contributed by atoms with Crippen LogP contribution in [0.25, 0.3) is 0 Å². The maximum Gasteiger partial charge on any atom is 0.136 e. The Morgan fingerprint density at radius 2 is 2.00 bits per heavy atom. The fourth-order valence-corrected chi connectivity index (χ4v) is 3.16. The molecule has 130 valence electrons. The van der Waals surface area contributed by atoms with Crippen molar-refractivity contribution in [3.05, 3.63) is 53.6 Å². The van der Waals surface area contributed by atoms with Crippen molar-refractivity contribution in [3.8, 4) is 11.8 Å². The Kier molecular flexibility index (Phi) is 5.42. The number of aliphatic hydroxyl groups excluding tert-OH is 1. The van der Waals surface area contributed by atoms with Crippen molar-refractivity contribution in [2.75, 3.05) is 30.4 Å². The van der Waals surface area contributed by atoms with Crippen molar-refractivity contribution in [3.63, 3.8) is 0 Å². The van der Waals surface area contributed by atoms with Gasteiger partial charge in [0.05, 0.1) is 30.2 Å². The number of ether oxygens (including phenoxy) is 1. The van der Waals surface area contributed by atoms with Crippen molar-refractivity contribution < 1.29 is 9.84 Å². The van der Waals surface area contributed by atoms with Crippen LogP contribution in [0.1, 0.15) is 24.0 Å². The first-order valence-corrected chi connectivity index (χ1v) is 8.54. The minimum atomic E-state index is -0.180. The Morgan fingerprint density at radius 3 is 2.72 bits per heavy atom. The molecule has 5 heteroatoms. The molecule has 0 atom stereocenters. The number of nitrogens with one attached hydrogen (secondary N) is 1. The second-order valence-electron chi connectivity index (χ2n) is 6.24. The highest BCUT2D eigenvalue weighted by atomic mass is 16.5. The zero-order valence-corrected chi connectivity index (χ0v) is 14.4. The number of benzene rings is 2. The summed E-state index contributed by atoms with van der Waals surface area (Å²) in [7, 11) is 1.57. The van der Waals surface area contributed by atoms with Crippen LogP contribution in [0.4, 0.5) is 11.4 Å². The second kappa shape index (κ2) is 7.91. The second-order valence-corrected chi connectivity index (χ2v) is 6.24.